The van der Waals surface area contributed by atoms with Crippen molar-refractivity contribution in [1.29, 1.82) is 0 Å². The van der Waals surface area contributed by atoms with Crippen LogP contribution >= 0.6 is 0 Å². The topological polar surface area (TPSA) is 78.1 Å². The molecular weight excluding hydrogens is 371 g/mol. The first-order chi connectivity index (χ1) is 13.9. The summed E-state index contributed by atoms with van der Waals surface area (Å²) in [6, 6.07) is 11.2. The number of anilines is 1. The molecule has 3 aromatic rings. The summed E-state index contributed by atoms with van der Waals surface area (Å²) < 4.78 is 13.4. The Labute approximate surface area is 168 Å². The Morgan fingerprint density at radius 1 is 1.21 bits per heavy atom. The number of hydrogen-bond donors (Lipinski definition) is 2. The number of halogens is 1. The van der Waals surface area contributed by atoms with Crippen molar-refractivity contribution in [3.05, 3.63) is 48.3 Å². The number of nitrogens with one attached hydrogen (secondary N) is 2. The molecule has 0 spiro atoms. The van der Waals surface area contributed by atoms with Gasteiger partial charge in [-0.3, -0.25) is 9.59 Å². The Bertz CT molecular complexity index is 1060. The van der Waals surface area contributed by atoms with Gasteiger partial charge in [-0.25, -0.2) is 9.37 Å². The number of benzene rings is 2. The second-order valence-electron chi connectivity index (χ2n) is 7.69. The zero-order valence-electron chi connectivity index (χ0n) is 16.4. The first-order valence-electron chi connectivity index (χ1n) is 9.78. The average Bonchev–Trinajstić information content (AvgIpc) is 3.28. The molecule has 1 unspecified atom stereocenters. The Morgan fingerprint density at radius 3 is 2.62 bits per heavy atom. The highest BCUT2D eigenvalue weighted by molar-refractivity contribution is 5.98. The molecule has 1 aliphatic rings. The third-order valence-corrected chi connectivity index (χ3v) is 5.22. The molecule has 2 amide bonds. The monoisotopic (exact) mass is 394 g/mol. The summed E-state index contributed by atoms with van der Waals surface area (Å²) in [6.45, 7) is 4.52. The van der Waals surface area contributed by atoms with E-state index in [4.69, 9.17) is 0 Å². The van der Waals surface area contributed by atoms with Gasteiger partial charge in [0.15, 0.2) is 0 Å². The minimum Gasteiger partial charge on any atom is -0.338 e. The molecule has 0 saturated carbocycles. The van der Waals surface area contributed by atoms with E-state index in [1.165, 1.54) is 12.1 Å². The maximum atomic E-state index is 13.4. The van der Waals surface area contributed by atoms with Crippen molar-refractivity contribution in [3.8, 4) is 11.4 Å². The molecule has 1 atom stereocenters. The van der Waals surface area contributed by atoms with Gasteiger partial charge >= 0.3 is 0 Å². The van der Waals surface area contributed by atoms with Crippen LogP contribution in [0.25, 0.3) is 22.4 Å². The zero-order chi connectivity index (χ0) is 20.5. The number of H-pyrrole nitrogens is 1. The summed E-state index contributed by atoms with van der Waals surface area (Å²) in [6.07, 6.45) is 1.30. The molecule has 150 valence electrons. The number of aromatic nitrogens is 2. The molecule has 0 aliphatic carbocycles. The standard InChI is InChI=1S/C22H23FN4O2/c1-13(2)20(27-11-3-4-19(27)28)22(29)24-16-8-5-14(6-9-16)21-25-17-10-7-15(23)12-18(17)26-21/h5-10,12-13,20H,3-4,11H2,1-2H3,(H,24,29)(H,25,26). The maximum absolute atomic E-state index is 13.4. The Hall–Kier alpha value is -3.22. The number of fused-ring (bicyclic) bond motifs is 1. The van der Waals surface area contributed by atoms with Gasteiger partial charge in [0.1, 0.15) is 17.7 Å². The van der Waals surface area contributed by atoms with Gasteiger partial charge in [-0.15, -0.1) is 0 Å². The lowest BCUT2D eigenvalue weighted by Crippen LogP contribution is -2.47. The van der Waals surface area contributed by atoms with Crippen molar-refractivity contribution in [3.63, 3.8) is 0 Å². The molecule has 0 radical (unpaired) electrons. The summed E-state index contributed by atoms with van der Waals surface area (Å²) >= 11 is 0. The number of likely N-dealkylation sites (tertiary alicyclic amines) is 1. The van der Waals surface area contributed by atoms with Crippen molar-refractivity contribution >= 4 is 28.5 Å². The van der Waals surface area contributed by atoms with E-state index in [9.17, 15) is 14.0 Å². The Kier molecular flexibility index (Phi) is 5.05. The van der Waals surface area contributed by atoms with Crippen LogP contribution in [0.4, 0.5) is 10.1 Å². The van der Waals surface area contributed by atoms with Gasteiger partial charge in [-0.1, -0.05) is 13.8 Å². The molecule has 1 aromatic heterocycles. The lowest BCUT2D eigenvalue weighted by atomic mass is 10.0. The maximum Gasteiger partial charge on any atom is 0.247 e. The van der Waals surface area contributed by atoms with Gasteiger partial charge < -0.3 is 15.2 Å². The number of aromatic amines is 1. The summed E-state index contributed by atoms with van der Waals surface area (Å²) in [7, 11) is 0. The number of carbonyl (C=O) groups is 2. The van der Waals surface area contributed by atoms with E-state index in [1.807, 2.05) is 26.0 Å². The van der Waals surface area contributed by atoms with Crippen molar-refractivity contribution < 1.29 is 14.0 Å². The first-order valence-corrected chi connectivity index (χ1v) is 9.78. The third-order valence-electron chi connectivity index (χ3n) is 5.22. The second-order valence-corrected chi connectivity index (χ2v) is 7.69. The van der Waals surface area contributed by atoms with Crippen LogP contribution in [0, 0.1) is 11.7 Å². The molecule has 2 heterocycles. The van der Waals surface area contributed by atoms with Crippen molar-refractivity contribution in [1.82, 2.24) is 14.9 Å². The minimum atomic E-state index is -0.477. The van der Waals surface area contributed by atoms with Gasteiger partial charge in [0.25, 0.3) is 0 Å². The average molecular weight is 394 g/mol. The summed E-state index contributed by atoms with van der Waals surface area (Å²) in [4.78, 5) is 34.2. The largest absolute Gasteiger partial charge is 0.338 e. The van der Waals surface area contributed by atoms with Crippen LogP contribution in [-0.4, -0.2) is 39.3 Å². The first kappa shape index (κ1) is 19.1. The Balaban J connectivity index is 1.51. The lowest BCUT2D eigenvalue weighted by molar-refractivity contribution is -0.136. The van der Waals surface area contributed by atoms with Crippen molar-refractivity contribution in [2.24, 2.45) is 5.92 Å². The van der Waals surface area contributed by atoms with E-state index < -0.39 is 6.04 Å². The van der Waals surface area contributed by atoms with Crippen LogP contribution in [0.3, 0.4) is 0 Å². The summed E-state index contributed by atoms with van der Waals surface area (Å²) in [5.41, 5.74) is 2.80. The molecule has 6 nitrogen and oxygen atoms in total. The van der Waals surface area contributed by atoms with E-state index in [0.29, 0.717) is 35.5 Å². The summed E-state index contributed by atoms with van der Waals surface area (Å²) in [5.74, 6) is 0.193. The number of hydrogen-bond acceptors (Lipinski definition) is 3. The van der Waals surface area contributed by atoms with Gasteiger partial charge in [-0.2, -0.15) is 0 Å². The Morgan fingerprint density at radius 2 is 1.97 bits per heavy atom. The van der Waals surface area contributed by atoms with E-state index in [1.54, 1.807) is 23.1 Å². The molecule has 1 fully saturated rings. The van der Waals surface area contributed by atoms with Crippen LogP contribution < -0.4 is 5.32 Å². The van der Waals surface area contributed by atoms with Crippen molar-refractivity contribution in [2.75, 3.05) is 11.9 Å². The smallest absolute Gasteiger partial charge is 0.247 e. The number of rotatable bonds is 5. The van der Waals surface area contributed by atoms with Crippen LogP contribution in [-0.2, 0) is 9.59 Å². The fourth-order valence-corrected chi connectivity index (χ4v) is 3.81. The fourth-order valence-electron chi connectivity index (χ4n) is 3.81. The van der Waals surface area contributed by atoms with Gasteiger partial charge in [0.2, 0.25) is 11.8 Å². The van der Waals surface area contributed by atoms with Crippen LogP contribution in [0.2, 0.25) is 0 Å². The number of nitrogens with zero attached hydrogens (tertiary/aromatic N) is 2. The molecule has 0 bridgehead atoms. The van der Waals surface area contributed by atoms with E-state index in [-0.39, 0.29) is 23.5 Å². The summed E-state index contributed by atoms with van der Waals surface area (Å²) in [5, 5.41) is 2.92. The minimum absolute atomic E-state index is 0.0206. The van der Waals surface area contributed by atoms with E-state index in [0.717, 1.165) is 12.0 Å². The van der Waals surface area contributed by atoms with E-state index in [2.05, 4.69) is 15.3 Å². The van der Waals surface area contributed by atoms with Gasteiger partial charge in [0, 0.05) is 24.2 Å². The predicted octanol–water partition coefficient (Wildman–Crippen LogP) is 3.95. The normalized spacial score (nSPS) is 15.3. The molecule has 2 N–H and O–H groups in total. The quantitative estimate of drug-likeness (QED) is 0.688. The second kappa shape index (κ2) is 7.66. The lowest BCUT2D eigenvalue weighted by Gasteiger charge is -2.29. The SMILES string of the molecule is CC(C)C(C(=O)Nc1ccc(-c2nc3ccc(F)cc3[nH]2)cc1)N1CCCC1=O. The number of imidazole rings is 1. The number of amides is 2. The molecular formula is C22H23FN4O2. The van der Waals surface area contributed by atoms with Crippen molar-refractivity contribution in [2.45, 2.75) is 32.7 Å². The van der Waals surface area contributed by atoms with Crippen LogP contribution in [0.5, 0.6) is 0 Å². The van der Waals surface area contributed by atoms with Gasteiger partial charge in [0.05, 0.1) is 11.0 Å². The molecule has 1 saturated heterocycles. The van der Waals surface area contributed by atoms with E-state index >= 15 is 0 Å². The molecule has 1 aliphatic heterocycles. The molecule has 4 rings (SSSR count). The highest BCUT2D eigenvalue weighted by Crippen LogP contribution is 2.24. The molecule has 29 heavy (non-hydrogen) atoms. The molecule has 7 heteroatoms. The molecule has 2 aromatic carbocycles. The predicted molar refractivity (Wildman–Crippen MR) is 110 cm³/mol. The van der Waals surface area contributed by atoms with Crippen LogP contribution in [0.15, 0.2) is 42.5 Å². The van der Waals surface area contributed by atoms with Crippen LogP contribution in [0.1, 0.15) is 26.7 Å². The zero-order valence-corrected chi connectivity index (χ0v) is 16.4. The van der Waals surface area contributed by atoms with Gasteiger partial charge in [-0.05, 0) is 54.8 Å². The highest BCUT2D eigenvalue weighted by Gasteiger charge is 2.34. The highest BCUT2D eigenvalue weighted by atomic mass is 19.1. The number of carbonyl (C=O) groups excluding carboxylic acids is 2. The third kappa shape index (κ3) is 3.85. The fraction of sp³-hybridized carbons (Fsp3) is 0.318.